The van der Waals surface area contributed by atoms with Crippen molar-refractivity contribution in [3.63, 3.8) is 0 Å². The summed E-state index contributed by atoms with van der Waals surface area (Å²) in [6.07, 6.45) is 1.61. The normalized spacial score (nSPS) is 11.2. The largest absolute Gasteiger partial charge is 0.463 e. The van der Waals surface area contributed by atoms with Gasteiger partial charge in [-0.3, -0.25) is 0 Å². The molecule has 0 saturated carbocycles. The Labute approximate surface area is 114 Å². The van der Waals surface area contributed by atoms with E-state index in [1.165, 1.54) is 0 Å². The number of fused-ring (bicyclic) bond motifs is 3. The van der Waals surface area contributed by atoms with E-state index in [4.69, 9.17) is 8.83 Å². The van der Waals surface area contributed by atoms with Gasteiger partial charge in [-0.25, -0.2) is 4.79 Å². The molecule has 0 fully saturated rings. The summed E-state index contributed by atoms with van der Waals surface area (Å²) < 4.78 is 11.0. The van der Waals surface area contributed by atoms with Gasteiger partial charge in [0.05, 0.1) is 11.6 Å². The van der Waals surface area contributed by atoms with Crippen LogP contribution in [-0.2, 0) is 0 Å². The van der Waals surface area contributed by atoms with Crippen LogP contribution >= 0.6 is 0 Å². The molecule has 0 saturated heterocycles. The maximum atomic E-state index is 12.2. The van der Waals surface area contributed by atoms with E-state index in [1.54, 1.807) is 12.3 Å². The lowest BCUT2D eigenvalue weighted by Gasteiger charge is -1.98. The van der Waals surface area contributed by atoms with Crippen LogP contribution < -0.4 is 5.63 Å². The quantitative estimate of drug-likeness (QED) is 0.483. The van der Waals surface area contributed by atoms with Crippen molar-refractivity contribution in [3.8, 4) is 11.1 Å². The number of hydrogen-bond donors (Lipinski definition) is 0. The van der Waals surface area contributed by atoms with Gasteiger partial charge in [0.25, 0.3) is 0 Å². The second kappa shape index (κ2) is 4.10. The first-order valence-electron chi connectivity index (χ1n) is 6.33. The fourth-order valence-electron chi connectivity index (χ4n) is 2.48. The molecule has 4 rings (SSSR count). The molecule has 0 spiro atoms. The van der Waals surface area contributed by atoms with Crippen LogP contribution in [0.1, 0.15) is 0 Å². The summed E-state index contributed by atoms with van der Waals surface area (Å²) >= 11 is 0. The Balaban J connectivity index is 2.16. The van der Waals surface area contributed by atoms with Gasteiger partial charge in [0.2, 0.25) is 0 Å². The van der Waals surface area contributed by atoms with E-state index >= 15 is 0 Å². The van der Waals surface area contributed by atoms with Crippen molar-refractivity contribution in [3.05, 3.63) is 71.3 Å². The molecule has 0 atom stereocenters. The van der Waals surface area contributed by atoms with Gasteiger partial charge < -0.3 is 8.83 Å². The summed E-state index contributed by atoms with van der Waals surface area (Å²) in [6.45, 7) is 0. The summed E-state index contributed by atoms with van der Waals surface area (Å²) in [4.78, 5) is 12.2. The standard InChI is InChI=1S/C17H10O3/c18-17-15-13(11-6-2-1-3-7-11)10-19-16(15)12-8-4-5-9-14(12)20-17/h1-10H. The number of benzene rings is 2. The summed E-state index contributed by atoms with van der Waals surface area (Å²) in [5.74, 6) is 0. The SMILES string of the molecule is O=c1oc2ccccc2c2occ(-c3ccccc3)c12. The van der Waals surface area contributed by atoms with Crippen LogP contribution in [0.3, 0.4) is 0 Å². The van der Waals surface area contributed by atoms with E-state index in [-0.39, 0.29) is 5.63 Å². The van der Waals surface area contributed by atoms with E-state index in [2.05, 4.69) is 0 Å². The predicted molar refractivity (Wildman–Crippen MR) is 77.7 cm³/mol. The second-order valence-electron chi connectivity index (χ2n) is 4.61. The number of para-hydroxylation sites is 1. The minimum atomic E-state index is -0.369. The van der Waals surface area contributed by atoms with Crippen molar-refractivity contribution in [2.75, 3.05) is 0 Å². The minimum Gasteiger partial charge on any atom is -0.463 e. The first-order chi connectivity index (χ1) is 9.84. The highest BCUT2D eigenvalue weighted by Gasteiger charge is 2.16. The lowest BCUT2D eigenvalue weighted by molar-refractivity contribution is 0.564. The third-order valence-corrected chi connectivity index (χ3v) is 3.41. The van der Waals surface area contributed by atoms with Crippen molar-refractivity contribution >= 4 is 21.9 Å². The Morgan fingerprint density at radius 2 is 1.60 bits per heavy atom. The molecule has 2 heterocycles. The van der Waals surface area contributed by atoms with E-state index in [0.717, 1.165) is 16.5 Å². The zero-order chi connectivity index (χ0) is 13.5. The highest BCUT2D eigenvalue weighted by atomic mass is 16.4. The van der Waals surface area contributed by atoms with Crippen molar-refractivity contribution in [2.24, 2.45) is 0 Å². The van der Waals surface area contributed by atoms with Gasteiger partial charge in [0, 0.05) is 5.56 Å². The van der Waals surface area contributed by atoms with Crippen molar-refractivity contribution in [1.82, 2.24) is 0 Å². The Bertz CT molecular complexity index is 962. The maximum absolute atomic E-state index is 12.2. The fraction of sp³-hybridized carbons (Fsp3) is 0. The molecule has 0 N–H and O–H groups in total. The van der Waals surface area contributed by atoms with Gasteiger partial charge in [-0.2, -0.15) is 0 Å². The molecular formula is C17H10O3. The molecule has 0 radical (unpaired) electrons. The third-order valence-electron chi connectivity index (χ3n) is 3.41. The van der Waals surface area contributed by atoms with Crippen LogP contribution in [0.25, 0.3) is 33.1 Å². The van der Waals surface area contributed by atoms with Gasteiger partial charge in [0.1, 0.15) is 11.0 Å². The molecule has 20 heavy (non-hydrogen) atoms. The van der Waals surface area contributed by atoms with Crippen LogP contribution in [-0.4, -0.2) is 0 Å². The minimum absolute atomic E-state index is 0.369. The van der Waals surface area contributed by atoms with Crippen LogP contribution in [0, 0.1) is 0 Å². The molecule has 0 unspecified atom stereocenters. The molecule has 0 amide bonds. The monoisotopic (exact) mass is 262 g/mol. The molecule has 2 aromatic carbocycles. The summed E-state index contributed by atoms with van der Waals surface area (Å²) in [7, 11) is 0. The molecule has 4 aromatic rings. The summed E-state index contributed by atoms with van der Waals surface area (Å²) in [5, 5.41) is 1.30. The number of furan rings is 1. The molecule has 2 aromatic heterocycles. The number of rotatable bonds is 1. The zero-order valence-electron chi connectivity index (χ0n) is 10.5. The smallest absolute Gasteiger partial charge is 0.348 e. The van der Waals surface area contributed by atoms with Crippen LogP contribution in [0.4, 0.5) is 0 Å². The summed E-state index contributed by atoms with van der Waals surface area (Å²) in [5.41, 5.74) is 2.45. The van der Waals surface area contributed by atoms with Crippen molar-refractivity contribution in [2.45, 2.75) is 0 Å². The Morgan fingerprint density at radius 1 is 0.850 bits per heavy atom. The average Bonchev–Trinajstić information content (AvgIpc) is 2.94. The van der Waals surface area contributed by atoms with Gasteiger partial charge in [0.15, 0.2) is 5.58 Å². The van der Waals surface area contributed by atoms with Gasteiger partial charge in [-0.15, -0.1) is 0 Å². The Kier molecular flexibility index (Phi) is 2.27. The highest BCUT2D eigenvalue weighted by Crippen LogP contribution is 2.32. The topological polar surface area (TPSA) is 43.4 Å². The van der Waals surface area contributed by atoms with Gasteiger partial charge in [-0.1, -0.05) is 42.5 Å². The molecule has 0 aliphatic heterocycles. The van der Waals surface area contributed by atoms with Crippen LogP contribution in [0.2, 0.25) is 0 Å². The first-order valence-corrected chi connectivity index (χ1v) is 6.33. The van der Waals surface area contributed by atoms with E-state index < -0.39 is 0 Å². The lowest BCUT2D eigenvalue weighted by Crippen LogP contribution is -1.99. The second-order valence-corrected chi connectivity index (χ2v) is 4.61. The molecule has 0 bridgehead atoms. The molecule has 0 aliphatic rings. The predicted octanol–water partition coefficient (Wildman–Crippen LogP) is 4.21. The Hall–Kier alpha value is -2.81. The Morgan fingerprint density at radius 3 is 2.45 bits per heavy atom. The summed E-state index contributed by atoms with van der Waals surface area (Å²) in [6, 6.07) is 17.1. The number of hydrogen-bond acceptors (Lipinski definition) is 3. The molecular weight excluding hydrogens is 252 g/mol. The lowest BCUT2D eigenvalue weighted by atomic mass is 10.1. The molecule has 3 nitrogen and oxygen atoms in total. The van der Waals surface area contributed by atoms with E-state index in [0.29, 0.717) is 16.6 Å². The van der Waals surface area contributed by atoms with Crippen molar-refractivity contribution < 1.29 is 8.83 Å². The van der Waals surface area contributed by atoms with Gasteiger partial charge >= 0.3 is 5.63 Å². The molecule has 0 aliphatic carbocycles. The molecule has 96 valence electrons. The fourth-order valence-corrected chi connectivity index (χ4v) is 2.48. The highest BCUT2D eigenvalue weighted by molar-refractivity contribution is 6.06. The van der Waals surface area contributed by atoms with Crippen LogP contribution in [0.15, 0.2) is 74.5 Å². The van der Waals surface area contributed by atoms with Crippen molar-refractivity contribution in [1.29, 1.82) is 0 Å². The average molecular weight is 262 g/mol. The maximum Gasteiger partial charge on any atom is 0.348 e. The van der Waals surface area contributed by atoms with Gasteiger partial charge in [-0.05, 0) is 17.7 Å². The zero-order valence-corrected chi connectivity index (χ0v) is 10.5. The van der Waals surface area contributed by atoms with E-state index in [1.807, 2.05) is 48.5 Å². The van der Waals surface area contributed by atoms with E-state index in [9.17, 15) is 4.79 Å². The van der Waals surface area contributed by atoms with Crippen LogP contribution in [0.5, 0.6) is 0 Å². The molecule has 3 heteroatoms. The first kappa shape index (κ1) is 11.1. The third kappa shape index (κ3) is 1.50.